The van der Waals surface area contributed by atoms with Crippen LogP contribution in [0.1, 0.15) is 53.4 Å². The predicted molar refractivity (Wildman–Crippen MR) is 137 cm³/mol. The number of piperidine rings is 1. The predicted octanol–water partition coefficient (Wildman–Crippen LogP) is 6.09. The molecule has 2 atom stereocenters. The summed E-state index contributed by atoms with van der Waals surface area (Å²) in [7, 11) is 3.46. The third-order valence-corrected chi connectivity index (χ3v) is 7.82. The summed E-state index contributed by atoms with van der Waals surface area (Å²) in [6.07, 6.45) is 4.12. The fourth-order valence-corrected chi connectivity index (χ4v) is 6.08. The Labute approximate surface area is 203 Å². The van der Waals surface area contributed by atoms with Crippen molar-refractivity contribution in [2.24, 2.45) is 5.92 Å². The summed E-state index contributed by atoms with van der Waals surface area (Å²) in [5.41, 5.74) is 6.64. The number of ether oxygens (including phenoxy) is 2. The second-order valence-corrected chi connectivity index (χ2v) is 9.67. The lowest BCUT2D eigenvalue weighted by atomic mass is 9.69. The lowest BCUT2D eigenvalue weighted by Crippen LogP contribution is -2.39. The quantitative estimate of drug-likeness (QED) is 0.455. The van der Waals surface area contributed by atoms with Gasteiger partial charge in [-0.15, -0.1) is 0 Å². The molecule has 3 aromatic carbocycles. The molecule has 3 aromatic rings. The number of aryl methyl sites for hydroxylation is 1. The summed E-state index contributed by atoms with van der Waals surface area (Å²) < 4.78 is 11.0. The van der Waals surface area contributed by atoms with E-state index in [-0.39, 0.29) is 12.2 Å². The lowest BCUT2D eigenvalue weighted by molar-refractivity contribution is -0.141. The minimum atomic E-state index is -0.106. The molecule has 1 fully saturated rings. The molecule has 2 aliphatic rings. The molecular formula is C30H35NO3. The van der Waals surface area contributed by atoms with E-state index in [1.54, 1.807) is 14.2 Å². The monoisotopic (exact) mass is 457 g/mol. The zero-order chi connectivity index (χ0) is 23.5. The maximum Gasteiger partial charge on any atom is 0.159 e. The van der Waals surface area contributed by atoms with E-state index in [2.05, 4.69) is 65.6 Å². The van der Waals surface area contributed by atoms with E-state index >= 15 is 0 Å². The molecule has 178 valence electrons. The number of fused-ring (bicyclic) bond motifs is 1. The van der Waals surface area contributed by atoms with Gasteiger partial charge < -0.3 is 19.5 Å². The maximum atomic E-state index is 10.1. The molecule has 0 bridgehead atoms. The Balaban J connectivity index is 1.40. The molecule has 4 nitrogen and oxygen atoms in total. The third-order valence-electron chi connectivity index (χ3n) is 7.82. The molecule has 1 aliphatic carbocycles. The summed E-state index contributed by atoms with van der Waals surface area (Å²) in [6, 6.07) is 26.0. The zero-order valence-corrected chi connectivity index (χ0v) is 20.2. The minimum absolute atomic E-state index is 0.106. The van der Waals surface area contributed by atoms with E-state index in [1.165, 1.54) is 27.9 Å². The highest BCUT2D eigenvalue weighted by Gasteiger charge is 2.32. The number of phenolic OH excluding ortho intramolecular Hbond substituents is 1. The van der Waals surface area contributed by atoms with Gasteiger partial charge in [0.15, 0.2) is 6.29 Å². The van der Waals surface area contributed by atoms with E-state index in [1.807, 2.05) is 12.1 Å². The summed E-state index contributed by atoms with van der Waals surface area (Å²) in [4.78, 5) is 2.48. The van der Waals surface area contributed by atoms with Crippen molar-refractivity contribution in [3.8, 4) is 5.75 Å². The van der Waals surface area contributed by atoms with Crippen molar-refractivity contribution in [3.05, 3.63) is 95.1 Å². The van der Waals surface area contributed by atoms with Crippen LogP contribution in [0.3, 0.4) is 0 Å². The number of nitrogens with zero attached hydrogens (tertiary/aromatic N) is 1. The Hall–Kier alpha value is -2.82. The highest BCUT2D eigenvalue weighted by Crippen LogP contribution is 2.47. The van der Waals surface area contributed by atoms with Gasteiger partial charge in [0.25, 0.3) is 0 Å². The lowest BCUT2D eigenvalue weighted by Gasteiger charge is -2.37. The standard InChI is InChI=1S/C30H35NO3/c1-33-30(34-2)23-16-18-31(19-17-23)25-11-8-22(9-12-25)29-27(21-6-4-3-5-7-21)14-10-24-20-26(32)13-15-28(24)29/h3-9,11-13,15,20,23,27,29-30,32H,10,14,16-19H2,1-2H3. The number of benzene rings is 3. The van der Waals surface area contributed by atoms with Gasteiger partial charge in [0.05, 0.1) is 0 Å². The second kappa shape index (κ2) is 10.2. The Morgan fingerprint density at radius 1 is 0.824 bits per heavy atom. The van der Waals surface area contributed by atoms with Crippen LogP contribution in [0.5, 0.6) is 5.75 Å². The highest BCUT2D eigenvalue weighted by molar-refractivity contribution is 5.52. The van der Waals surface area contributed by atoms with E-state index in [0.717, 1.165) is 38.8 Å². The third kappa shape index (κ3) is 4.57. The molecular weight excluding hydrogens is 422 g/mol. The molecule has 0 radical (unpaired) electrons. The van der Waals surface area contributed by atoms with Crippen molar-refractivity contribution in [1.29, 1.82) is 0 Å². The molecule has 0 spiro atoms. The van der Waals surface area contributed by atoms with Gasteiger partial charge in [0.2, 0.25) is 0 Å². The number of hydrogen-bond donors (Lipinski definition) is 1. The van der Waals surface area contributed by atoms with E-state index < -0.39 is 0 Å². The average Bonchev–Trinajstić information content (AvgIpc) is 2.90. The fourth-order valence-electron chi connectivity index (χ4n) is 6.08. The smallest absolute Gasteiger partial charge is 0.159 e. The summed E-state index contributed by atoms with van der Waals surface area (Å²) in [5, 5.41) is 10.1. The number of rotatable bonds is 6. The van der Waals surface area contributed by atoms with Gasteiger partial charge in [-0.2, -0.15) is 0 Å². The molecule has 1 saturated heterocycles. The van der Waals surface area contributed by atoms with Crippen LogP contribution in [0.4, 0.5) is 5.69 Å². The van der Waals surface area contributed by atoms with Gasteiger partial charge in [0, 0.05) is 44.8 Å². The molecule has 34 heavy (non-hydrogen) atoms. The summed E-state index contributed by atoms with van der Waals surface area (Å²) in [5.74, 6) is 1.53. The largest absolute Gasteiger partial charge is 0.508 e. The molecule has 1 heterocycles. The average molecular weight is 458 g/mol. The van der Waals surface area contributed by atoms with Crippen molar-refractivity contribution >= 4 is 5.69 Å². The van der Waals surface area contributed by atoms with Crippen molar-refractivity contribution in [1.82, 2.24) is 0 Å². The number of aromatic hydroxyl groups is 1. The molecule has 2 unspecified atom stereocenters. The minimum Gasteiger partial charge on any atom is -0.508 e. The highest BCUT2D eigenvalue weighted by atomic mass is 16.7. The molecule has 1 N–H and O–H groups in total. The van der Waals surface area contributed by atoms with Gasteiger partial charge in [-0.05, 0) is 78.1 Å². The van der Waals surface area contributed by atoms with Crippen molar-refractivity contribution in [2.45, 2.75) is 43.8 Å². The van der Waals surface area contributed by atoms with Gasteiger partial charge in [-0.3, -0.25) is 0 Å². The van der Waals surface area contributed by atoms with Crippen LogP contribution in [0.2, 0.25) is 0 Å². The van der Waals surface area contributed by atoms with Crippen molar-refractivity contribution < 1.29 is 14.6 Å². The Morgan fingerprint density at radius 2 is 1.53 bits per heavy atom. The van der Waals surface area contributed by atoms with Gasteiger partial charge in [-0.1, -0.05) is 48.5 Å². The number of phenols is 1. The SMILES string of the molecule is COC(OC)C1CCN(c2ccc(C3c4ccc(O)cc4CCC3c3ccccc3)cc2)CC1. The molecule has 0 aromatic heterocycles. The van der Waals surface area contributed by atoms with Crippen molar-refractivity contribution in [2.75, 3.05) is 32.2 Å². The van der Waals surface area contributed by atoms with Gasteiger partial charge in [0.1, 0.15) is 5.75 Å². The van der Waals surface area contributed by atoms with E-state index in [9.17, 15) is 5.11 Å². The Bertz CT molecular complexity index is 1070. The molecule has 0 saturated carbocycles. The summed E-state index contributed by atoms with van der Waals surface area (Å²) >= 11 is 0. The van der Waals surface area contributed by atoms with Crippen molar-refractivity contribution in [3.63, 3.8) is 0 Å². The first-order chi connectivity index (χ1) is 16.7. The van der Waals surface area contributed by atoms with Crippen LogP contribution < -0.4 is 4.90 Å². The van der Waals surface area contributed by atoms with Crippen LogP contribution in [-0.4, -0.2) is 38.7 Å². The molecule has 0 amide bonds. The number of methoxy groups -OCH3 is 2. The number of hydrogen-bond acceptors (Lipinski definition) is 4. The van der Waals surface area contributed by atoms with Gasteiger partial charge in [-0.25, -0.2) is 0 Å². The van der Waals surface area contributed by atoms with Gasteiger partial charge >= 0.3 is 0 Å². The first kappa shape index (κ1) is 22.9. The van der Waals surface area contributed by atoms with Crippen LogP contribution in [0, 0.1) is 5.92 Å². The first-order valence-electron chi connectivity index (χ1n) is 12.4. The Morgan fingerprint density at radius 3 is 2.21 bits per heavy atom. The first-order valence-corrected chi connectivity index (χ1v) is 12.4. The van der Waals surface area contributed by atoms with E-state index in [4.69, 9.17) is 9.47 Å². The van der Waals surface area contributed by atoms with E-state index in [0.29, 0.717) is 17.6 Å². The van der Waals surface area contributed by atoms with Crippen LogP contribution in [-0.2, 0) is 15.9 Å². The maximum absolute atomic E-state index is 10.1. The van der Waals surface area contributed by atoms with Crippen LogP contribution >= 0.6 is 0 Å². The topological polar surface area (TPSA) is 41.9 Å². The summed E-state index contributed by atoms with van der Waals surface area (Å²) in [6.45, 7) is 2.04. The molecule has 5 rings (SSSR count). The molecule has 4 heteroatoms. The zero-order valence-electron chi connectivity index (χ0n) is 20.2. The van der Waals surface area contributed by atoms with Crippen LogP contribution in [0.25, 0.3) is 0 Å². The van der Waals surface area contributed by atoms with Crippen LogP contribution in [0.15, 0.2) is 72.8 Å². The Kier molecular flexibility index (Phi) is 6.89. The second-order valence-electron chi connectivity index (χ2n) is 9.67. The molecule has 1 aliphatic heterocycles. The normalized spacial score (nSPS) is 21.0. The fraction of sp³-hybridized carbons (Fsp3) is 0.400. The number of anilines is 1.